The number of rotatable bonds is 6. The molecular weight excluding hydrogens is 382 g/mol. The van der Waals surface area contributed by atoms with Gasteiger partial charge in [-0.1, -0.05) is 34.1 Å². The van der Waals surface area contributed by atoms with Crippen LogP contribution < -0.4 is 10.1 Å². The molecule has 0 spiro atoms. The van der Waals surface area contributed by atoms with Crippen LogP contribution in [0.2, 0.25) is 0 Å². The minimum absolute atomic E-state index is 0.0847. The Kier molecular flexibility index (Phi) is 6.10. The molecule has 1 aliphatic rings. The molecule has 132 valence electrons. The average molecular weight is 404 g/mol. The third-order valence-electron chi connectivity index (χ3n) is 4.30. The molecular formula is C20H22BrNO3. The number of nitrogens with one attached hydrogen (secondary N) is 1. The zero-order valence-electron chi connectivity index (χ0n) is 14.2. The van der Waals surface area contributed by atoms with Crippen LogP contribution in [0, 0.1) is 0 Å². The van der Waals surface area contributed by atoms with Crippen molar-refractivity contribution in [1.82, 2.24) is 5.32 Å². The van der Waals surface area contributed by atoms with E-state index in [9.17, 15) is 4.79 Å². The number of amides is 1. The molecule has 0 saturated carbocycles. The zero-order valence-corrected chi connectivity index (χ0v) is 15.8. The Morgan fingerprint density at radius 1 is 1.28 bits per heavy atom. The molecule has 4 nitrogen and oxygen atoms in total. The number of benzene rings is 2. The van der Waals surface area contributed by atoms with Crippen molar-refractivity contribution in [2.24, 2.45) is 0 Å². The molecule has 1 N–H and O–H groups in total. The molecule has 0 aromatic heterocycles. The largest absolute Gasteiger partial charge is 0.491 e. The Morgan fingerprint density at radius 3 is 2.72 bits per heavy atom. The molecule has 0 radical (unpaired) electrons. The van der Waals surface area contributed by atoms with Gasteiger partial charge < -0.3 is 14.8 Å². The van der Waals surface area contributed by atoms with E-state index >= 15 is 0 Å². The maximum atomic E-state index is 12.4. The highest BCUT2D eigenvalue weighted by molar-refractivity contribution is 9.10. The Balaban J connectivity index is 1.56. The summed E-state index contributed by atoms with van der Waals surface area (Å²) < 4.78 is 12.3. The van der Waals surface area contributed by atoms with Gasteiger partial charge in [0.25, 0.3) is 5.91 Å². The normalized spacial score (nSPS) is 17.9. The minimum Gasteiger partial charge on any atom is -0.491 e. The van der Waals surface area contributed by atoms with E-state index < -0.39 is 0 Å². The molecule has 1 fully saturated rings. The standard InChI is InChI=1S/C20H22BrNO3/c1-14(18-6-2-3-7-19(18)21)22-20(23)15-8-10-16(11-9-15)25-13-17-5-4-12-24-17/h2-3,6-11,14,17H,4-5,12-13H2,1H3,(H,22,23)/t14-,17-/m1/s1. The van der Waals surface area contributed by atoms with Crippen LogP contribution in [0.1, 0.15) is 41.7 Å². The summed E-state index contributed by atoms with van der Waals surface area (Å²) in [5.41, 5.74) is 1.66. The summed E-state index contributed by atoms with van der Waals surface area (Å²) in [6.45, 7) is 3.35. The van der Waals surface area contributed by atoms with Crippen LogP contribution in [0.5, 0.6) is 5.75 Å². The molecule has 2 atom stereocenters. The van der Waals surface area contributed by atoms with Crippen LogP contribution in [0.4, 0.5) is 0 Å². The smallest absolute Gasteiger partial charge is 0.251 e. The first kappa shape index (κ1) is 18.0. The van der Waals surface area contributed by atoms with Crippen molar-refractivity contribution in [2.75, 3.05) is 13.2 Å². The van der Waals surface area contributed by atoms with Gasteiger partial charge >= 0.3 is 0 Å². The lowest BCUT2D eigenvalue weighted by Gasteiger charge is -2.16. The highest BCUT2D eigenvalue weighted by Gasteiger charge is 2.16. The highest BCUT2D eigenvalue weighted by atomic mass is 79.9. The quantitative estimate of drug-likeness (QED) is 0.772. The Morgan fingerprint density at radius 2 is 2.04 bits per heavy atom. The molecule has 1 heterocycles. The van der Waals surface area contributed by atoms with Crippen molar-refractivity contribution in [2.45, 2.75) is 31.9 Å². The van der Waals surface area contributed by atoms with Crippen molar-refractivity contribution in [3.05, 3.63) is 64.1 Å². The van der Waals surface area contributed by atoms with Crippen LogP contribution in [0.15, 0.2) is 53.0 Å². The molecule has 3 rings (SSSR count). The Hall–Kier alpha value is -1.85. The van der Waals surface area contributed by atoms with Gasteiger partial charge in [0.15, 0.2) is 0 Å². The van der Waals surface area contributed by atoms with E-state index in [1.54, 1.807) is 12.1 Å². The Bertz CT molecular complexity index is 711. The number of halogens is 1. The third kappa shape index (κ3) is 4.83. The van der Waals surface area contributed by atoms with E-state index in [0.717, 1.165) is 35.2 Å². The average Bonchev–Trinajstić information content (AvgIpc) is 3.14. The zero-order chi connectivity index (χ0) is 17.6. The van der Waals surface area contributed by atoms with Gasteiger partial charge in [0.05, 0.1) is 12.1 Å². The third-order valence-corrected chi connectivity index (χ3v) is 5.02. The van der Waals surface area contributed by atoms with Crippen LogP contribution in [-0.4, -0.2) is 25.2 Å². The molecule has 0 bridgehead atoms. The van der Waals surface area contributed by atoms with Crippen molar-refractivity contribution in [1.29, 1.82) is 0 Å². The molecule has 2 aromatic rings. The topological polar surface area (TPSA) is 47.6 Å². The van der Waals surface area contributed by atoms with Crippen molar-refractivity contribution >= 4 is 21.8 Å². The summed E-state index contributed by atoms with van der Waals surface area (Å²) in [6.07, 6.45) is 2.34. The Labute approximate surface area is 156 Å². The summed E-state index contributed by atoms with van der Waals surface area (Å²) in [5.74, 6) is 0.653. The predicted octanol–water partition coefficient (Wildman–Crippen LogP) is 4.50. The molecule has 1 amide bonds. The van der Waals surface area contributed by atoms with Gasteiger partial charge in [0, 0.05) is 16.6 Å². The molecule has 2 aromatic carbocycles. The number of hydrogen-bond acceptors (Lipinski definition) is 3. The summed E-state index contributed by atoms with van der Waals surface area (Å²) >= 11 is 3.52. The lowest BCUT2D eigenvalue weighted by Crippen LogP contribution is -2.26. The van der Waals surface area contributed by atoms with Gasteiger partial charge in [-0.3, -0.25) is 4.79 Å². The first-order chi connectivity index (χ1) is 12.1. The molecule has 0 unspecified atom stereocenters. The van der Waals surface area contributed by atoms with Gasteiger partial charge in [-0.05, 0) is 55.7 Å². The number of carbonyl (C=O) groups excluding carboxylic acids is 1. The molecule has 5 heteroatoms. The first-order valence-corrected chi connectivity index (χ1v) is 9.32. The summed E-state index contributed by atoms with van der Waals surface area (Å²) in [7, 11) is 0. The number of hydrogen-bond donors (Lipinski definition) is 1. The number of carbonyl (C=O) groups is 1. The van der Waals surface area contributed by atoms with Crippen molar-refractivity contribution in [3.63, 3.8) is 0 Å². The molecule has 25 heavy (non-hydrogen) atoms. The fraction of sp³-hybridized carbons (Fsp3) is 0.350. The monoisotopic (exact) mass is 403 g/mol. The molecule has 1 aliphatic heterocycles. The van der Waals surface area contributed by atoms with Gasteiger partial charge in [-0.25, -0.2) is 0 Å². The maximum absolute atomic E-state index is 12.4. The second-order valence-electron chi connectivity index (χ2n) is 6.19. The maximum Gasteiger partial charge on any atom is 0.251 e. The first-order valence-electron chi connectivity index (χ1n) is 8.53. The molecule has 0 aliphatic carbocycles. The highest BCUT2D eigenvalue weighted by Crippen LogP contribution is 2.23. The van der Waals surface area contributed by atoms with Gasteiger partial charge in [-0.15, -0.1) is 0 Å². The predicted molar refractivity (Wildman–Crippen MR) is 101 cm³/mol. The van der Waals surface area contributed by atoms with Crippen LogP contribution >= 0.6 is 15.9 Å². The second kappa shape index (κ2) is 8.50. The van der Waals surface area contributed by atoms with Crippen LogP contribution in [-0.2, 0) is 4.74 Å². The van der Waals surface area contributed by atoms with E-state index in [0.29, 0.717) is 12.2 Å². The van der Waals surface area contributed by atoms with Crippen LogP contribution in [0.3, 0.4) is 0 Å². The summed E-state index contributed by atoms with van der Waals surface area (Å²) in [4.78, 5) is 12.4. The summed E-state index contributed by atoms with van der Waals surface area (Å²) in [6, 6.07) is 15.0. The minimum atomic E-state index is -0.103. The fourth-order valence-corrected chi connectivity index (χ4v) is 3.48. The van der Waals surface area contributed by atoms with E-state index in [1.807, 2.05) is 43.3 Å². The van der Waals surface area contributed by atoms with Crippen molar-refractivity contribution in [3.8, 4) is 5.75 Å². The van der Waals surface area contributed by atoms with E-state index in [1.165, 1.54) is 0 Å². The van der Waals surface area contributed by atoms with E-state index in [4.69, 9.17) is 9.47 Å². The fourth-order valence-electron chi connectivity index (χ4n) is 2.85. The second-order valence-corrected chi connectivity index (χ2v) is 7.04. The number of ether oxygens (including phenoxy) is 2. The van der Waals surface area contributed by atoms with Gasteiger partial charge in [-0.2, -0.15) is 0 Å². The lowest BCUT2D eigenvalue weighted by atomic mass is 10.1. The SMILES string of the molecule is C[C@@H](NC(=O)c1ccc(OC[C@H]2CCCO2)cc1)c1ccccc1Br. The van der Waals surface area contributed by atoms with Gasteiger partial charge in [0.1, 0.15) is 12.4 Å². The van der Waals surface area contributed by atoms with E-state index in [-0.39, 0.29) is 18.1 Å². The lowest BCUT2D eigenvalue weighted by molar-refractivity contribution is 0.0679. The van der Waals surface area contributed by atoms with E-state index in [2.05, 4.69) is 21.2 Å². The summed E-state index contributed by atoms with van der Waals surface area (Å²) in [5, 5.41) is 3.02. The van der Waals surface area contributed by atoms with Gasteiger partial charge in [0.2, 0.25) is 0 Å². The molecule has 1 saturated heterocycles. The van der Waals surface area contributed by atoms with Crippen LogP contribution in [0.25, 0.3) is 0 Å². The van der Waals surface area contributed by atoms with Crippen molar-refractivity contribution < 1.29 is 14.3 Å².